The van der Waals surface area contributed by atoms with Gasteiger partial charge in [-0.1, -0.05) is 43.2 Å². The summed E-state index contributed by atoms with van der Waals surface area (Å²) in [5, 5.41) is 11.7. The van der Waals surface area contributed by atoms with Gasteiger partial charge in [0.05, 0.1) is 32.0 Å². The monoisotopic (exact) mass is 698 g/mol. The lowest BCUT2D eigenvalue weighted by Gasteiger charge is -2.57. The number of hydrogen-bond donors (Lipinski definition) is 1. The molecule has 0 amide bonds. The number of allylic oxidation sites excluding steroid dienone is 2. The fourth-order valence-corrected chi connectivity index (χ4v) is 16.4. The standard InChI is InChI=1S/C24H34O3.C21H28O3/c1-3-8-24(25)20-13-19(20)21-18-5-4-15-14-23(26-11-12-27-23)10-7-16(15)17(18)6-9-22(21,24)2;1-20-6-4-14-13-5-7-21(23-8-9-24-21)11-12(13)2-3-15(14)18(20)16-10-17(16)19(20)22/h3-4,16-21,25H,1,5-14H2,2H3;2,13-18H,3-11H2,1H3/t16?,17?,18?,19?,20?,21?,22-,24-;13?,14?,15?,16?,17?,18?,20-/m00/s1. The molecule has 0 aromatic rings. The number of Topliss-reactive ketones (excluding diaryl/α,β-unsaturated/α-hetero) is 1. The van der Waals surface area contributed by atoms with Crippen LogP contribution in [0.3, 0.4) is 0 Å². The summed E-state index contributed by atoms with van der Waals surface area (Å²) in [7, 11) is 0. The molecule has 6 nitrogen and oxygen atoms in total. The third-order valence-electron chi connectivity index (χ3n) is 18.6. The Bertz CT molecular complexity index is 1550. The van der Waals surface area contributed by atoms with Gasteiger partial charge in [-0.15, -0.1) is 6.58 Å². The molecule has 12 rings (SSSR count). The average molecular weight is 699 g/mol. The van der Waals surface area contributed by atoms with Crippen LogP contribution in [0.2, 0.25) is 0 Å². The molecule has 0 aromatic carbocycles. The molecule has 12 aliphatic rings. The van der Waals surface area contributed by atoms with Gasteiger partial charge >= 0.3 is 0 Å². The number of aliphatic hydroxyl groups is 1. The molecule has 10 fully saturated rings. The van der Waals surface area contributed by atoms with Gasteiger partial charge in [0.25, 0.3) is 0 Å². The Labute approximate surface area is 305 Å². The van der Waals surface area contributed by atoms with Crippen molar-refractivity contribution in [3.05, 3.63) is 36.0 Å². The Morgan fingerprint density at radius 2 is 1.27 bits per heavy atom. The first-order chi connectivity index (χ1) is 24.6. The highest BCUT2D eigenvalue weighted by Gasteiger charge is 2.75. The van der Waals surface area contributed by atoms with E-state index in [1.54, 1.807) is 11.1 Å². The van der Waals surface area contributed by atoms with Crippen LogP contribution >= 0.6 is 0 Å². The Balaban J connectivity index is 0.000000122. The summed E-state index contributed by atoms with van der Waals surface area (Å²) in [6, 6.07) is 0. The van der Waals surface area contributed by atoms with E-state index in [1.807, 2.05) is 6.08 Å². The molecule has 278 valence electrons. The third-order valence-corrected chi connectivity index (χ3v) is 18.6. The molecule has 0 aromatic heterocycles. The molecular weight excluding hydrogens is 636 g/mol. The van der Waals surface area contributed by atoms with Crippen LogP contribution in [-0.2, 0) is 23.7 Å². The number of carbonyl (C=O) groups is 1. The molecule has 2 heterocycles. The summed E-state index contributed by atoms with van der Waals surface area (Å²) in [5.41, 5.74) is 2.85. The van der Waals surface area contributed by atoms with E-state index in [4.69, 9.17) is 18.9 Å². The van der Waals surface area contributed by atoms with Crippen LogP contribution in [0.4, 0.5) is 0 Å². The second-order valence-electron chi connectivity index (χ2n) is 20.3. The quantitative estimate of drug-likeness (QED) is 0.293. The zero-order valence-corrected chi connectivity index (χ0v) is 31.3. The molecule has 15 atom stereocenters. The molecule has 2 aliphatic heterocycles. The van der Waals surface area contributed by atoms with Crippen molar-refractivity contribution in [2.45, 2.75) is 127 Å². The van der Waals surface area contributed by atoms with Crippen molar-refractivity contribution in [3.63, 3.8) is 0 Å². The average Bonchev–Trinajstić information content (AvgIpc) is 3.96. The zero-order valence-electron chi connectivity index (χ0n) is 31.3. The first-order valence-electron chi connectivity index (χ1n) is 21.4. The summed E-state index contributed by atoms with van der Waals surface area (Å²) in [4.78, 5) is 12.8. The van der Waals surface area contributed by atoms with E-state index >= 15 is 0 Å². The van der Waals surface area contributed by atoms with Gasteiger partial charge in [-0.2, -0.15) is 0 Å². The molecule has 1 N–H and O–H groups in total. The lowest BCUT2D eigenvalue weighted by atomic mass is 9.49. The van der Waals surface area contributed by atoms with E-state index in [0.717, 1.165) is 112 Å². The number of ketones is 1. The molecule has 0 bridgehead atoms. The predicted octanol–water partition coefficient (Wildman–Crippen LogP) is 8.19. The molecule has 8 saturated carbocycles. The molecule has 10 aliphatic carbocycles. The fraction of sp³-hybridized carbons (Fsp3) is 0.844. The first-order valence-corrected chi connectivity index (χ1v) is 21.4. The van der Waals surface area contributed by atoms with Crippen LogP contribution in [0.15, 0.2) is 36.0 Å². The number of hydrogen-bond acceptors (Lipinski definition) is 6. The van der Waals surface area contributed by atoms with Crippen LogP contribution in [0.25, 0.3) is 0 Å². The predicted molar refractivity (Wildman–Crippen MR) is 193 cm³/mol. The van der Waals surface area contributed by atoms with Crippen molar-refractivity contribution in [1.29, 1.82) is 0 Å². The van der Waals surface area contributed by atoms with Crippen molar-refractivity contribution < 1.29 is 28.8 Å². The first kappa shape index (κ1) is 33.1. The zero-order chi connectivity index (χ0) is 34.5. The van der Waals surface area contributed by atoms with Gasteiger partial charge in [-0.05, 0) is 136 Å². The van der Waals surface area contributed by atoms with E-state index in [-0.39, 0.29) is 22.4 Å². The summed E-state index contributed by atoms with van der Waals surface area (Å²) in [5.74, 6) is 8.54. The van der Waals surface area contributed by atoms with E-state index in [9.17, 15) is 9.90 Å². The van der Waals surface area contributed by atoms with Crippen molar-refractivity contribution in [2.24, 2.45) is 81.8 Å². The molecule has 0 radical (unpaired) electrons. The second-order valence-corrected chi connectivity index (χ2v) is 20.3. The van der Waals surface area contributed by atoms with Gasteiger partial charge in [-0.25, -0.2) is 0 Å². The van der Waals surface area contributed by atoms with E-state index < -0.39 is 5.60 Å². The number of ether oxygens (including phenoxy) is 4. The Morgan fingerprint density at radius 3 is 1.86 bits per heavy atom. The lowest BCUT2D eigenvalue weighted by Crippen LogP contribution is -2.55. The topological polar surface area (TPSA) is 74.2 Å². The van der Waals surface area contributed by atoms with E-state index in [2.05, 4.69) is 32.6 Å². The maximum absolute atomic E-state index is 12.8. The van der Waals surface area contributed by atoms with Crippen LogP contribution in [-0.4, -0.2) is 54.5 Å². The van der Waals surface area contributed by atoms with Crippen LogP contribution in [0, 0.1) is 81.8 Å². The Morgan fingerprint density at radius 1 is 0.706 bits per heavy atom. The fourth-order valence-electron chi connectivity index (χ4n) is 16.4. The summed E-state index contributed by atoms with van der Waals surface area (Å²) >= 11 is 0. The highest BCUT2D eigenvalue weighted by atomic mass is 16.7. The maximum Gasteiger partial charge on any atom is 0.172 e. The van der Waals surface area contributed by atoms with Gasteiger partial charge in [-0.3, -0.25) is 4.79 Å². The molecular formula is C45H62O6. The van der Waals surface area contributed by atoms with Crippen molar-refractivity contribution >= 4 is 5.78 Å². The number of rotatable bonds is 2. The van der Waals surface area contributed by atoms with Crippen molar-refractivity contribution in [2.75, 3.05) is 26.4 Å². The minimum Gasteiger partial charge on any atom is -0.389 e. The molecule has 6 heteroatoms. The molecule has 12 unspecified atom stereocenters. The van der Waals surface area contributed by atoms with E-state index in [0.29, 0.717) is 29.5 Å². The minimum absolute atomic E-state index is 0.0215. The number of fused-ring (bicyclic) bond motifs is 14. The summed E-state index contributed by atoms with van der Waals surface area (Å²) in [6.07, 6.45) is 24.1. The van der Waals surface area contributed by atoms with Gasteiger partial charge in [0.15, 0.2) is 11.6 Å². The molecule has 2 spiro atoms. The highest BCUT2D eigenvalue weighted by molar-refractivity contribution is 5.92. The van der Waals surface area contributed by atoms with Gasteiger partial charge in [0, 0.05) is 42.4 Å². The van der Waals surface area contributed by atoms with Gasteiger partial charge in [0.2, 0.25) is 0 Å². The lowest BCUT2D eigenvalue weighted by molar-refractivity contribution is -0.179. The van der Waals surface area contributed by atoms with Crippen molar-refractivity contribution in [1.82, 2.24) is 0 Å². The highest BCUT2D eigenvalue weighted by Crippen LogP contribution is 2.76. The molecule has 51 heavy (non-hydrogen) atoms. The minimum atomic E-state index is -0.499. The Hall–Kier alpha value is -1.31. The maximum atomic E-state index is 12.8. The largest absolute Gasteiger partial charge is 0.389 e. The summed E-state index contributed by atoms with van der Waals surface area (Å²) in [6.45, 7) is 11.7. The van der Waals surface area contributed by atoms with Crippen LogP contribution in [0.1, 0.15) is 110 Å². The van der Waals surface area contributed by atoms with Crippen molar-refractivity contribution in [3.8, 4) is 0 Å². The summed E-state index contributed by atoms with van der Waals surface area (Å²) < 4.78 is 24.0. The van der Waals surface area contributed by atoms with Gasteiger partial charge < -0.3 is 24.1 Å². The van der Waals surface area contributed by atoms with Crippen LogP contribution in [0.5, 0.6) is 0 Å². The van der Waals surface area contributed by atoms with E-state index in [1.165, 1.54) is 57.8 Å². The number of carbonyl (C=O) groups excluding carboxylic acids is 1. The van der Waals surface area contributed by atoms with Gasteiger partial charge in [0.1, 0.15) is 5.78 Å². The smallest absolute Gasteiger partial charge is 0.172 e. The normalized spacial score (nSPS) is 54.2. The van der Waals surface area contributed by atoms with Crippen LogP contribution < -0.4 is 0 Å². The molecule has 2 saturated heterocycles. The Kier molecular flexibility index (Phi) is 7.22. The third kappa shape index (κ3) is 4.49. The SMILES string of the molecule is C=CC[C@]1(O)C2CC2C2C3CC=C4CC5(CCC4C3CC[C@@]21C)OCCO5.C[C@]12CCC3C4CCC5(CC4=CCC3C1C1CC1C2=O)OCCO5. The second kappa shape index (κ2) is 11.1.